The van der Waals surface area contributed by atoms with Crippen molar-refractivity contribution in [1.29, 1.82) is 0 Å². The fraction of sp³-hybridized carbons (Fsp3) is 0.214. The first-order valence-electron chi connectivity index (χ1n) is 5.81. The Hall–Kier alpha value is -2.23. The third-order valence-electron chi connectivity index (χ3n) is 2.18. The van der Waals surface area contributed by atoms with E-state index in [2.05, 4.69) is 9.97 Å². The molecule has 0 atom stereocenters. The van der Waals surface area contributed by atoms with Crippen molar-refractivity contribution in [3.05, 3.63) is 47.9 Å². The lowest BCUT2D eigenvalue weighted by molar-refractivity contribution is 0.0691. The summed E-state index contributed by atoms with van der Waals surface area (Å²) >= 11 is 0. The lowest BCUT2D eigenvalue weighted by atomic mass is 10.1. The predicted octanol–water partition coefficient (Wildman–Crippen LogP) is 3.18. The highest BCUT2D eigenvalue weighted by Gasteiger charge is 2.13. The van der Waals surface area contributed by atoms with Gasteiger partial charge in [0.05, 0.1) is 5.69 Å². The number of nitrogens with zero attached hydrogens (tertiary/aromatic N) is 2. The predicted molar refractivity (Wildman–Crippen MR) is 70.5 cm³/mol. The Morgan fingerprint density at radius 2 is 1.89 bits per heavy atom. The van der Waals surface area contributed by atoms with E-state index in [4.69, 9.17) is 5.11 Å². The second kappa shape index (κ2) is 6.49. The van der Waals surface area contributed by atoms with Crippen molar-refractivity contribution in [3.63, 3.8) is 0 Å². The highest BCUT2D eigenvalue weighted by molar-refractivity contribution is 5.93. The zero-order valence-corrected chi connectivity index (χ0v) is 10.7. The summed E-state index contributed by atoms with van der Waals surface area (Å²) in [6.07, 6.45) is 1.63. The fourth-order valence-electron chi connectivity index (χ4n) is 1.45. The van der Waals surface area contributed by atoms with Crippen LogP contribution in [-0.4, -0.2) is 21.0 Å². The van der Waals surface area contributed by atoms with Crippen molar-refractivity contribution in [1.82, 2.24) is 9.97 Å². The SMILES string of the molecule is CC.Cc1ccc(-c2ccccn2)c(C(=O)O)n1. The summed E-state index contributed by atoms with van der Waals surface area (Å²) in [5.74, 6) is -1.04. The molecule has 0 aliphatic rings. The normalized spacial score (nSPS) is 9.28. The lowest BCUT2D eigenvalue weighted by Gasteiger charge is -2.05. The van der Waals surface area contributed by atoms with E-state index in [1.54, 1.807) is 37.4 Å². The number of aryl methyl sites for hydroxylation is 1. The maximum atomic E-state index is 11.1. The van der Waals surface area contributed by atoms with Gasteiger partial charge in [0.25, 0.3) is 0 Å². The molecule has 0 saturated carbocycles. The van der Waals surface area contributed by atoms with Crippen LogP contribution in [0.15, 0.2) is 36.5 Å². The quantitative estimate of drug-likeness (QED) is 0.881. The van der Waals surface area contributed by atoms with E-state index in [1.807, 2.05) is 19.9 Å². The van der Waals surface area contributed by atoms with Crippen LogP contribution in [0.3, 0.4) is 0 Å². The topological polar surface area (TPSA) is 63.1 Å². The molecule has 2 aromatic rings. The molecule has 1 N–H and O–H groups in total. The van der Waals surface area contributed by atoms with Gasteiger partial charge in [-0.25, -0.2) is 9.78 Å². The molecule has 0 aromatic carbocycles. The molecule has 0 aliphatic carbocycles. The third kappa shape index (κ3) is 3.13. The molecule has 2 rings (SSSR count). The Balaban J connectivity index is 0.000000771. The maximum Gasteiger partial charge on any atom is 0.355 e. The fourth-order valence-corrected chi connectivity index (χ4v) is 1.45. The molecule has 2 aromatic heterocycles. The number of carboxylic acid groups (broad SMARTS) is 1. The molecule has 4 heteroatoms. The van der Waals surface area contributed by atoms with Gasteiger partial charge in [0.2, 0.25) is 0 Å². The van der Waals surface area contributed by atoms with Gasteiger partial charge in [0, 0.05) is 17.5 Å². The van der Waals surface area contributed by atoms with Crippen LogP contribution in [0, 0.1) is 6.92 Å². The number of aromatic carboxylic acids is 1. The standard InChI is InChI=1S/C12H10N2O2.C2H6/c1-8-5-6-9(11(14-8)12(15)16)10-4-2-3-7-13-10;1-2/h2-7H,1H3,(H,15,16);1-2H3. The Labute approximate surface area is 106 Å². The second-order valence-corrected chi connectivity index (χ2v) is 3.37. The van der Waals surface area contributed by atoms with Gasteiger partial charge < -0.3 is 5.11 Å². The molecule has 4 nitrogen and oxygen atoms in total. The van der Waals surface area contributed by atoms with Gasteiger partial charge >= 0.3 is 5.97 Å². The summed E-state index contributed by atoms with van der Waals surface area (Å²) in [4.78, 5) is 19.2. The smallest absolute Gasteiger partial charge is 0.355 e. The van der Waals surface area contributed by atoms with Crippen molar-refractivity contribution in [2.45, 2.75) is 20.8 Å². The molecule has 0 bridgehead atoms. The molecule has 0 fully saturated rings. The van der Waals surface area contributed by atoms with Crippen LogP contribution >= 0.6 is 0 Å². The maximum absolute atomic E-state index is 11.1. The number of hydrogen-bond acceptors (Lipinski definition) is 3. The molecule has 94 valence electrons. The first-order chi connectivity index (χ1) is 8.68. The molecule has 0 unspecified atom stereocenters. The Morgan fingerprint density at radius 3 is 2.44 bits per heavy atom. The molecule has 2 heterocycles. The van der Waals surface area contributed by atoms with Crippen molar-refractivity contribution in [2.75, 3.05) is 0 Å². The number of pyridine rings is 2. The van der Waals surface area contributed by atoms with Crippen LogP contribution < -0.4 is 0 Å². The lowest BCUT2D eigenvalue weighted by Crippen LogP contribution is -2.04. The minimum atomic E-state index is -1.04. The first-order valence-corrected chi connectivity index (χ1v) is 5.81. The van der Waals surface area contributed by atoms with Crippen molar-refractivity contribution in [3.8, 4) is 11.3 Å². The number of aromatic nitrogens is 2. The third-order valence-corrected chi connectivity index (χ3v) is 2.18. The summed E-state index contributed by atoms with van der Waals surface area (Å²) < 4.78 is 0. The molecular formula is C14H16N2O2. The average Bonchev–Trinajstić information content (AvgIpc) is 2.42. The van der Waals surface area contributed by atoms with Gasteiger partial charge in [-0.05, 0) is 31.2 Å². The summed E-state index contributed by atoms with van der Waals surface area (Å²) in [7, 11) is 0. The van der Waals surface area contributed by atoms with E-state index in [1.165, 1.54) is 0 Å². The van der Waals surface area contributed by atoms with Gasteiger partial charge in [-0.2, -0.15) is 0 Å². The van der Waals surface area contributed by atoms with Crippen LogP contribution in [-0.2, 0) is 0 Å². The highest BCUT2D eigenvalue weighted by atomic mass is 16.4. The Kier molecular flexibility index (Phi) is 4.99. The van der Waals surface area contributed by atoms with Gasteiger partial charge in [0.15, 0.2) is 5.69 Å². The summed E-state index contributed by atoms with van der Waals surface area (Å²) in [5.41, 5.74) is 1.88. The summed E-state index contributed by atoms with van der Waals surface area (Å²) in [6, 6.07) is 8.86. The first kappa shape index (κ1) is 13.8. The minimum absolute atomic E-state index is 0.0405. The second-order valence-electron chi connectivity index (χ2n) is 3.37. The number of carboxylic acids is 1. The summed E-state index contributed by atoms with van der Waals surface area (Å²) in [6.45, 7) is 5.76. The van der Waals surface area contributed by atoms with Crippen molar-refractivity contribution < 1.29 is 9.90 Å². The van der Waals surface area contributed by atoms with E-state index >= 15 is 0 Å². The van der Waals surface area contributed by atoms with Crippen molar-refractivity contribution >= 4 is 5.97 Å². The molecule has 0 spiro atoms. The molecule has 0 saturated heterocycles. The molecule has 18 heavy (non-hydrogen) atoms. The van der Waals surface area contributed by atoms with Crippen LogP contribution in [0.4, 0.5) is 0 Å². The van der Waals surface area contributed by atoms with E-state index in [0.29, 0.717) is 17.0 Å². The molecule has 0 aliphatic heterocycles. The molecule has 0 radical (unpaired) electrons. The van der Waals surface area contributed by atoms with Gasteiger partial charge in [0.1, 0.15) is 0 Å². The van der Waals surface area contributed by atoms with Gasteiger partial charge in [-0.3, -0.25) is 4.98 Å². The zero-order chi connectivity index (χ0) is 13.5. The number of carbonyl (C=O) groups is 1. The van der Waals surface area contributed by atoms with Gasteiger partial charge in [-0.15, -0.1) is 0 Å². The molecular weight excluding hydrogens is 228 g/mol. The van der Waals surface area contributed by atoms with Crippen LogP contribution in [0.1, 0.15) is 30.0 Å². The molecule has 0 amide bonds. The van der Waals surface area contributed by atoms with Crippen LogP contribution in [0.5, 0.6) is 0 Å². The Morgan fingerprint density at radius 1 is 1.17 bits per heavy atom. The van der Waals surface area contributed by atoms with E-state index in [0.717, 1.165) is 0 Å². The summed E-state index contributed by atoms with van der Waals surface area (Å²) in [5, 5.41) is 9.06. The number of rotatable bonds is 2. The monoisotopic (exact) mass is 244 g/mol. The van der Waals surface area contributed by atoms with E-state index in [-0.39, 0.29) is 5.69 Å². The number of hydrogen-bond donors (Lipinski definition) is 1. The highest BCUT2D eigenvalue weighted by Crippen LogP contribution is 2.20. The minimum Gasteiger partial charge on any atom is -0.476 e. The van der Waals surface area contributed by atoms with Gasteiger partial charge in [-0.1, -0.05) is 19.9 Å². The van der Waals surface area contributed by atoms with Crippen LogP contribution in [0.2, 0.25) is 0 Å². The van der Waals surface area contributed by atoms with Crippen LogP contribution in [0.25, 0.3) is 11.3 Å². The average molecular weight is 244 g/mol. The van der Waals surface area contributed by atoms with E-state index < -0.39 is 5.97 Å². The Bertz CT molecular complexity index is 525. The zero-order valence-electron chi connectivity index (χ0n) is 10.7. The largest absolute Gasteiger partial charge is 0.476 e. The van der Waals surface area contributed by atoms with Crippen molar-refractivity contribution in [2.24, 2.45) is 0 Å². The van der Waals surface area contributed by atoms with E-state index in [9.17, 15) is 4.79 Å².